The lowest BCUT2D eigenvalue weighted by molar-refractivity contribution is -0.385. The maximum absolute atomic E-state index is 14.3. The van der Waals surface area contributed by atoms with E-state index in [2.05, 4.69) is 10.3 Å². The maximum atomic E-state index is 14.3. The monoisotopic (exact) mass is 446 g/mol. The minimum atomic E-state index is -0.820. The minimum Gasteiger partial charge on any atom is -0.453 e. The number of fused-ring (bicyclic) bond motifs is 1. The number of pyridine rings is 1. The van der Waals surface area contributed by atoms with Gasteiger partial charge in [-0.25, -0.2) is 4.39 Å². The Morgan fingerprint density at radius 2 is 2.16 bits per heavy atom. The molecule has 9 nitrogen and oxygen atoms in total. The highest BCUT2D eigenvalue weighted by Gasteiger charge is 2.17. The van der Waals surface area contributed by atoms with E-state index in [1.165, 1.54) is 23.5 Å². The van der Waals surface area contributed by atoms with Crippen LogP contribution in [-0.2, 0) is 9.47 Å². The van der Waals surface area contributed by atoms with Crippen molar-refractivity contribution < 1.29 is 23.5 Å². The second kappa shape index (κ2) is 9.35. The lowest BCUT2D eigenvalue weighted by Gasteiger charge is -2.09. The van der Waals surface area contributed by atoms with Crippen LogP contribution in [-0.4, -0.2) is 42.5 Å². The first kappa shape index (κ1) is 21.1. The molecule has 0 bridgehead atoms. The molecule has 1 aliphatic heterocycles. The predicted molar refractivity (Wildman–Crippen MR) is 113 cm³/mol. The number of halogens is 1. The van der Waals surface area contributed by atoms with Gasteiger partial charge in [-0.15, -0.1) is 11.3 Å². The SMILES string of the molecule is NC/C(=C\NCC1OCCO1)c1cc2nccc(Oc3ccc([N+](=O)[O-])cc3F)c2s1. The van der Waals surface area contributed by atoms with Crippen LogP contribution in [0.1, 0.15) is 4.88 Å². The van der Waals surface area contributed by atoms with E-state index in [-0.39, 0.29) is 17.7 Å². The van der Waals surface area contributed by atoms with Crippen molar-refractivity contribution in [3.8, 4) is 11.5 Å². The Labute approximate surface area is 180 Å². The number of nitro groups is 1. The van der Waals surface area contributed by atoms with Crippen molar-refractivity contribution in [2.45, 2.75) is 6.29 Å². The van der Waals surface area contributed by atoms with Crippen molar-refractivity contribution >= 4 is 32.8 Å². The molecule has 0 amide bonds. The predicted octanol–water partition coefficient (Wildman–Crippen LogP) is 3.40. The van der Waals surface area contributed by atoms with E-state index in [0.29, 0.717) is 42.3 Å². The normalized spacial score (nSPS) is 14.8. The third-order valence-electron chi connectivity index (χ3n) is 4.51. The summed E-state index contributed by atoms with van der Waals surface area (Å²) >= 11 is 1.40. The zero-order chi connectivity index (χ0) is 21.8. The molecular formula is C20H19FN4O5S. The standard InChI is InChI=1S/C20H19FN4O5S/c21-14-7-13(25(26)27)1-2-16(14)30-17-3-4-24-15-8-18(31-20(15)17)12(9-22)10-23-11-19-28-5-6-29-19/h1-4,7-8,10,19,23H,5-6,9,11,22H2/b12-10+. The van der Waals surface area contributed by atoms with Gasteiger partial charge in [-0.05, 0) is 17.7 Å². The fraction of sp³-hybridized carbons (Fsp3) is 0.250. The Morgan fingerprint density at radius 3 is 2.87 bits per heavy atom. The van der Waals surface area contributed by atoms with E-state index >= 15 is 0 Å². The van der Waals surface area contributed by atoms with Gasteiger partial charge in [0, 0.05) is 36.0 Å². The summed E-state index contributed by atoms with van der Waals surface area (Å²) in [7, 11) is 0. The maximum Gasteiger partial charge on any atom is 0.272 e. The van der Waals surface area contributed by atoms with Gasteiger partial charge in [-0.2, -0.15) is 0 Å². The number of benzene rings is 1. The first-order valence-corrected chi connectivity index (χ1v) is 10.2. The molecule has 0 unspecified atom stereocenters. The molecule has 11 heteroatoms. The summed E-state index contributed by atoms with van der Waals surface area (Å²) in [5.74, 6) is -0.536. The highest BCUT2D eigenvalue weighted by Crippen LogP contribution is 2.38. The van der Waals surface area contributed by atoms with Crippen LogP contribution in [0.2, 0.25) is 0 Å². The summed E-state index contributed by atoms with van der Waals surface area (Å²) < 4.78 is 31.4. The molecule has 0 atom stereocenters. The molecule has 0 aliphatic carbocycles. The molecule has 0 saturated carbocycles. The average Bonchev–Trinajstić information content (AvgIpc) is 3.42. The molecule has 1 fully saturated rings. The summed E-state index contributed by atoms with van der Waals surface area (Å²) in [5.41, 5.74) is 7.10. The molecule has 1 saturated heterocycles. The molecule has 3 aromatic rings. The van der Waals surface area contributed by atoms with Crippen molar-refractivity contribution in [3.63, 3.8) is 0 Å². The summed E-state index contributed by atoms with van der Waals surface area (Å²) in [6.45, 7) is 1.96. The molecule has 1 aliphatic rings. The number of non-ortho nitro benzene ring substituents is 1. The van der Waals surface area contributed by atoms with Crippen LogP contribution in [0.25, 0.3) is 15.8 Å². The number of thiophene rings is 1. The smallest absolute Gasteiger partial charge is 0.272 e. The van der Waals surface area contributed by atoms with Crippen molar-refractivity contribution in [2.24, 2.45) is 5.73 Å². The van der Waals surface area contributed by atoms with Crippen LogP contribution in [0.5, 0.6) is 11.5 Å². The largest absolute Gasteiger partial charge is 0.453 e. The van der Waals surface area contributed by atoms with Gasteiger partial charge in [0.05, 0.1) is 41.0 Å². The average molecular weight is 446 g/mol. The first-order chi connectivity index (χ1) is 15.0. The first-order valence-electron chi connectivity index (χ1n) is 9.41. The number of nitro benzene ring substituents is 1. The Morgan fingerprint density at radius 1 is 1.35 bits per heavy atom. The lowest BCUT2D eigenvalue weighted by Crippen LogP contribution is -2.24. The van der Waals surface area contributed by atoms with E-state index in [4.69, 9.17) is 19.9 Å². The summed E-state index contributed by atoms with van der Waals surface area (Å²) in [5, 5.41) is 14.0. The Bertz CT molecular complexity index is 1130. The summed E-state index contributed by atoms with van der Waals surface area (Å²) in [6, 6.07) is 6.74. The van der Waals surface area contributed by atoms with Crippen LogP contribution < -0.4 is 15.8 Å². The number of nitrogens with two attached hydrogens (primary N) is 1. The van der Waals surface area contributed by atoms with Crippen LogP contribution >= 0.6 is 11.3 Å². The molecule has 31 heavy (non-hydrogen) atoms. The molecule has 2 aromatic heterocycles. The number of hydrogen-bond acceptors (Lipinski definition) is 9. The van der Waals surface area contributed by atoms with Gasteiger partial charge in [0.15, 0.2) is 17.9 Å². The van der Waals surface area contributed by atoms with E-state index in [1.54, 1.807) is 12.3 Å². The number of ether oxygens (including phenoxy) is 3. The number of rotatable bonds is 8. The minimum absolute atomic E-state index is 0.110. The van der Waals surface area contributed by atoms with Gasteiger partial charge in [-0.1, -0.05) is 0 Å². The number of nitrogens with one attached hydrogen (secondary N) is 1. The molecule has 1 aromatic carbocycles. The zero-order valence-electron chi connectivity index (χ0n) is 16.2. The lowest BCUT2D eigenvalue weighted by atomic mass is 10.2. The fourth-order valence-electron chi connectivity index (χ4n) is 2.99. The number of aromatic nitrogens is 1. The Balaban J connectivity index is 1.56. The summed E-state index contributed by atoms with van der Waals surface area (Å²) in [4.78, 5) is 15.4. The van der Waals surface area contributed by atoms with Gasteiger partial charge in [0.2, 0.25) is 0 Å². The zero-order valence-corrected chi connectivity index (χ0v) is 17.1. The highest BCUT2D eigenvalue weighted by molar-refractivity contribution is 7.20. The number of hydrogen-bond donors (Lipinski definition) is 2. The van der Waals surface area contributed by atoms with E-state index in [9.17, 15) is 14.5 Å². The van der Waals surface area contributed by atoms with Crippen molar-refractivity contribution in [3.05, 3.63) is 63.5 Å². The molecule has 0 radical (unpaired) electrons. The van der Waals surface area contributed by atoms with Crippen molar-refractivity contribution in [1.29, 1.82) is 0 Å². The Kier molecular flexibility index (Phi) is 6.37. The second-order valence-electron chi connectivity index (χ2n) is 6.56. The third-order valence-corrected chi connectivity index (χ3v) is 5.72. The van der Waals surface area contributed by atoms with E-state index < -0.39 is 10.7 Å². The summed E-state index contributed by atoms with van der Waals surface area (Å²) in [6.07, 6.45) is 3.08. The molecule has 3 N–H and O–H groups in total. The molecule has 0 spiro atoms. The van der Waals surface area contributed by atoms with Crippen LogP contribution in [0, 0.1) is 15.9 Å². The Hall–Kier alpha value is -3.12. The molecule has 4 rings (SSSR count). The fourth-order valence-corrected chi connectivity index (χ4v) is 4.08. The van der Waals surface area contributed by atoms with Crippen LogP contribution in [0.4, 0.5) is 10.1 Å². The molecule has 162 valence electrons. The van der Waals surface area contributed by atoms with Gasteiger partial charge in [-0.3, -0.25) is 15.1 Å². The molecule has 3 heterocycles. The third kappa shape index (κ3) is 4.80. The van der Waals surface area contributed by atoms with Crippen molar-refractivity contribution in [1.82, 2.24) is 10.3 Å². The number of nitrogens with zero attached hydrogens (tertiary/aromatic N) is 2. The highest BCUT2D eigenvalue weighted by atomic mass is 32.1. The topological polar surface area (TPSA) is 122 Å². The van der Waals surface area contributed by atoms with Crippen LogP contribution in [0.3, 0.4) is 0 Å². The molecular weight excluding hydrogens is 427 g/mol. The van der Waals surface area contributed by atoms with Gasteiger partial charge in [0.1, 0.15) is 5.75 Å². The van der Waals surface area contributed by atoms with E-state index in [0.717, 1.165) is 16.5 Å². The quantitative estimate of drug-likeness (QED) is 0.399. The van der Waals surface area contributed by atoms with Gasteiger partial charge >= 0.3 is 0 Å². The second-order valence-corrected chi connectivity index (χ2v) is 7.61. The van der Waals surface area contributed by atoms with Crippen LogP contribution in [0.15, 0.2) is 42.7 Å². The van der Waals surface area contributed by atoms with Gasteiger partial charge < -0.3 is 25.3 Å². The van der Waals surface area contributed by atoms with Crippen molar-refractivity contribution in [2.75, 3.05) is 26.3 Å². The van der Waals surface area contributed by atoms with Gasteiger partial charge in [0.25, 0.3) is 5.69 Å². The van der Waals surface area contributed by atoms with E-state index in [1.807, 2.05) is 12.3 Å².